The van der Waals surface area contributed by atoms with Crippen molar-refractivity contribution in [2.75, 3.05) is 7.05 Å². The molecule has 0 aliphatic heterocycles. The smallest absolute Gasteiger partial charge is 0.387 e. The van der Waals surface area contributed by atoms with E-state index in [-0.39, 0.29) is 17.7 Å². The van der Waals surface area contributed by atoms with Crippen molar-refractivity contribution in [1.82, 2.24) is 15.5 Å². The van der Waals surface area contributed by atoms with Gasteiger partial charge in [0, 0.05) is 5.56 Å². The highest BCUT2D eigenvalue weighted by atomic mass is 19.3. The van der Waals surface area contributed by atoms with Gasteiger partial charge in [-0.25, -0.2) is 0 Å². The second-order valence-corrected chi connectivity index (χ2v) is 4.10. The van der Waals surface area contributed by atoms with Crippen molar-refractivity contribution >= 4 is 0 Å². The zero-order chi connectivity index (χ0) is 14.5. The zero-order valence-corrected chi connectivity index (χ0v) is 11.1. The molecule has 1 aromatic heterocycles. The largest absolute Gasteiger partial charge is 0.435 e. The molecule has 0 aliphatic rings. The van der Waals surface area contributed by atoms with Crippen LogP contribution in [0.5, 0.6) is 5.75 Å². The van der Waals surface area contributed by atoms with E-state index in [1.54, 1.807) is 19.2 Å². The lowest BCUT2D eigenvalue weighted by molar-refractivity contribution is -0.0498. The minimum Gasteiger partial charge on any atom is -0.435 e. The van der Waals surface area contributed by atoms with Gasteiger partial charge in [0.15, 0.2) is 0 Å². The fourth-order valence-electron chi connectivity index (χ4n) is 1.80. The Labute approximate surface area is 115 Å². The Balaban J connectivity index is 2.23. The standard InChI is InChI=1S/C13H15F2N3O2/c1-3-10(16-2)12-18-17-11(20-12)8-5-4-6-9(7-8)19-13(14)15/h4-7,10,13,16H,3H2,1-2H3. The Morgan fingerprint density at radius 2 is 2.15 bits per heavy atom. The van der Waals surface area contributed by atoms with Crippen molar-refractivity contribution in [2.45, 2.75) is 26.0 Å². The summed E-state index contributed by atoms with van der Waals surface area (Å²) < 4.78 is 34.2. The van der Waals surface area contributed by atoms with E-state index in [1.165, 1.54) is 12.1 Å². The molecule has 1 N–H and O–H groups in total. The molecule has 2 rings (SSSR count). The summed E-state index contributed by atoms with van der Waals surface area (Å²) in [5.41, 5.74) is 0.535. The van der Waals surface area contributed by atoms with Crippen LogP contribution in [0.25, 0.3) is 11.5 Å². The highest BCUT2D eigenvalue weighted by molar-refractivity contribution is 5.55. The minimum atomic E-state index is -2.86. The predicted molar refractivity (Wildman–Crippen MR) is 68.5 cm³/mol. The number of hydrogen-bond donors (Lipinski definition) is 1. The lowest BCUT2D eigenvalue weighted by Crippen LogP contribution is -2.15. The van der Waals surface area contributed by atoms with Crippen molar-refractivity contribution in [1.29, 1.82) is 0 Å². The summed E-state index contributed by atoms with van der Waals surface area (Å²) in [6, 6.07) is 6.12. The van der Waals surface area contributed by atoms with Gasteiger partial charge in [-0.3, -0.25) is 0 Å². The van der Waals surface area contributed by atoms with Crippen LogP contribution in [0.15, 0.2) is 28.7 Å². The van der Waals surface area contributed by atoms with Gasteiger partial charge in [0.1, 0.15) is 5.75 Å². The molecule has 108 valence electrons. The summed E-state index contributed by atoms with van der Waals surface area (Å²) in [5, 5.41) is 10.9. The van der Waals surface area contributed by atoms with Gasteiger partial charge in [-0.1, -0.05) is 13.0 Å². The van der Waals surface area contributed by atoms with E-state index in [4.69, 9.17) is 4.42 Å². The van der Waals surface area contributed by atoms with Crippen molar-refractivity contribution in [3.63, 3.8) is 0 Å². The van der Waals surface area contributed by atoms with Crippen LogP contribution < -0.4 is 10.1 Å². The molecule has 7 heteroatoms. The van der Waals surface area contributed by atoms with Crippen LogP contribution in [0, 0.1) is 0 Å². The highest BCUT2D eigenvalue weighted by Crippen LogP contribution is 2.25. The fourth-order valence-corrected chi connectivity index (χ4v) is 1.80. The molecule has 0 amide bonds. The quantitative estimate of drug-likeness (QED) is 0.883. The molecule has 1 atom stereocenters. The Kier molecular flexibility index (Phi) is 4.62. The van der Waals surface area contributed by atoms with E-state index in [1.807, 2.05) is 6.92 Å². The first-order valence-electron chi connectivity index (χ1n) is 6.20. The number of halogens is 2. The van der Waals surface area contributed by atoms with Crippen LogP contribution in [0.3, 0.4) is 0 Å². The van der Waals surface area contributed by atoms with E-state index in [9.17, 15) is 8.78 Å². The highest BCUT2D eigenvalue weighted by Gasteiger charge is 2.16. The van der Waals surface area contributed by atoms with Crippen LogP contribution >= 0.6 is 0 Å². The first kappa shape index (κ1) is 14.4. The third-order valence-corrected chi connectivity index (χ3v) is 2.80. The molecule has 1 unspecified atom stereocenters. The van der Waals surface area contributed by atoms with Gasteiger partial charge >= 0.3 is 6.61 Å². The van der Waals surface area contributed by atoms with Gasteiger partial charge in [-0.2, -0.15) is 8.78 Å². The summed E-state index contributed by atoms with van der Waals surface area (Å²) in [5.74, 6) is 0.788. The molecule has 2 aromatic rings. The number of rotatable bonds is 6. The number of benzene rings is 1. The van der Waals surface area contributed by atoms with E-state index in [0.29, 0.717) is 11.5 Å². The Morgan fingerprint density at radius 3 is 2.80 bits per heavy atom. The molecule has 0 saturated heterocycles. The van der Waals surface area contributed by atoms with Crippen molar-refractivity contribution in [2.24, 2.45) is 0 Å². The van der Waals surface area contributed by atoms with Gasteiger partial charge in [0.25, 0.3) is 0 Å². The van der Waals surface area contributed by atoms with Gasteiger partial charge in [0.05, 0.1) is 6.04 Å². The first-order chi connectivity index (χ1) is 9.63. The van der Waals surface area contributed by atoms with Gasteiger partial charge in [-0.05, 0) is 31.7 Å². The summed E-state index contributed by atoms with van der Waals surface area (Å²) in [6.07, 6.45) is 0.798. The van der Waals surface area contributed by atoms with Gasteiger partial charge in [0.2, 0.25) is 11.8 Å². The molecule has 0 radical (unpaired) electrons. The molecule has 0 spiro atoms. The van der Waals surface area contributed by atoms with Crippen LogP contribution in [0.1, 0.15) is 25.3 Å². The second-order valence-electron chi connectivity index (χ2n) is 4.10. The number of aromatic nitrogens is 2. The van der Waals surface area contributed by atoms with Gasteiger partial charge < -0.3 is 14.5 Å². The zero-order valence-electron chi connectivity index (χ0n) is 11.1. The van der Waals surface area contributed by atoms with Crippen LogP contribution in [-0.2, 0) is 0 Å². The maximum atomic E-state index is 12.2. The summed E-state index contributed by atoms with van der Waals surface area (Å²) in [4.78, 5) is 0. The molecular weight excluding hydrogens is 268 g/mol. The van der Waals surface area contributed by atoms with Crippen LogP contribution in [0.4, 0.5) is 8.78 Å². The average molecular weight is 283 g/mol. The van der Waals surface area contributed by atoms with Crippen molar-refractivity contribution in [3.05, 3.63) is 30.2 Å². The van der Waals surface area contributed by atoms with Crippen molar-refractivity contribution < 1.29 is 17.9 Å². The molecule has 0 fully saturated rings. The summed E-state index contributed by atoms with van der Waals surface area (Å²) in [7, 11) is 1.80. The molecule has 5 nitrogen and oxygen atoms in total. The van der Waals surface area contributed by atoms with Gasteiger partial charge in [-0.15, -0.1) is 10.2 Å². The van der Waals surface area contributed by atoms with E-state index < -0.39 is 6.61 Å². The summed E-state index contributed by atoms with van der Waals surface area (Å²) >= 11 is 0. The van der Waals surface area contributed by atoms with Crippen LogP contribution in [-0.4, -0.2) is 23.9 Å². The maximum Gasteiger partial charge on any atom is 0.387 e. The molecule has 1 aromatic carbocycles. The molecular formula is C13H15F2N3O2. The maximum absolute atomic E-state index is 12.2. The second kappa shape index (κ2) is 6.42. The SMILES string of the molecule is CCC(NC)c1nnc(-c2cccc(OC(F)F)c2)o1. The molecule has 20 heavy (non-hydrogen) atoms. The molecule has 0 saturated carbocycles. The van der Waals surface area contributed by atoms with E-state index in [0.717, 1.165) is 6.42 Å². The summed E-state index contributed by atoms with van der Waals surface area (Å²) in [6.45, 7) is -0.875. The Morgan fingerprint density at radius 1 is 1.35 bits per heavy atom. The average Bonchev–Trinajstić information content (AvgIpc) is 2.89. The van der Waals surface area contributed by atoms with E-state index in [2.05, 4.69) is 20.3 Å². The Bertz CT molecular complexity index is 556. The van der Waals surface area contributed by atoms with Crippen molar-refractivity contribution in [3.8, 4) is 17.2 Å². The molecule has 1 heterocycles. The molecule has 0 bridgehead atoms. The number of hydrogen-bond acceptors (Lipinski definition) is 5. The number of ether oxygens (including phenoxy) is 1. The van der Waals surface area contributed by atoms with Crippen LogP contribution in [0.2, 0.25) is 0 Å². The topological polar surface area (TPSA) is 60.2 Å². The molecule has 0 aliphatic carbocycles. The normalized spacial score (nSPS) is 12.7. The predicted octanol–water partition coefficient (Wildman–Crippen LogP) is 3.01. The number of nitrogens with zero attached hydrogens (tertiary/aromatic N) is 2. The third-order valence-electron chi connectivity index (χ3n) is 2.80. The number of nitrogens with one attached hydrogen (secondary N) is 1. The minimum absolute atomic E-state index is 0.0308. The lowest BCUT2D eigenvalue weighted by Gasteiger charge is -2.07. The van der Waals surface area contributed by atoms with E-state index >= 15 is 0 Å². The number of alkyl halides is 2. The third kappa shape index (κ3) is 3.30. The Hall–Kier alpha value is -2.02. The lowest BCUT2D eigenvalue weighted by atomic mass is 10.2. The first-order valence-corrected chi connectivity index (χ1v) is 6.20. The monoisotopic (exact) mass is 283 g/mol. The fraction of sp³-hybridized carbons (Fsp3) is 0.385.